The molecule has 4 nitrogen and oxygen atoms in total. The highest BCUT2D eigenvalue weighted by Crippen LogP contribution is 2.10. The summed E-state index contributed by atoms with van der Waals surface area (Å²) in [7, 11) is -0.882. The van der Waals surface area contributed by atoms with E-state index in [2.05, 4.69) is 5.32 Å². The van der Waals surface area contributed by atoms with Crippen molar-refractivity contribution < 1.29 is 18.5 Å². The highest BCUT2D eigenvalue weighted by atomic mass is 32.2. The van der Waals surface area contributed by atoms with Crippen LogP contribution in [0.5, 0.6) is 0 Å². The Hall–Kier alpha value is -1.27. The third-order valence-electron chi connectivity index (χ3n) is 2.40. The van der Waals surface area contributed by atoms with E-state index in [1.807, 2.05) is 6.92 Å². The van der Waals surface area contributed by atoms with E-state index in [-0.39, 0.29) is 11.6 Å². The fourth-order valence-electron chi connectivity index (χ4n) is 1.55. The molecule has 0 saturated heterocycles. The molecule has 1 aromatic rings. The van der Waals surface area contributed by atoms with Gasteiger partial charge < -0.3 is 10.4 Å². The number of rotatable bonds is 6. The molecule has 0 amide bonds. The van der Waals surface area contributed by atoms with Crippen LogP contribution >= 0.6 is 0 Å². The van der Waals surface area contributed by atoms with Crippen LogP contribution in [0.25, 0.3) is 0 Å². The van der Waals surface area contributed by atoms with Crippen LogP contribution in [0.1, 0.15) is 22.8 Å². The van der Waals surface area contributed by atoms with Crippen molar-refractivity contribution >= 4 is 16.8 Å². The molecule has 0 aliphatic carbocycles. The molecule has 0 radical (unpaired) electrons. The average molecular weight is 273 g/mol. The first kappa shape index (κ1) is 14.8. The van der Waals surface area contributed by atoms with Crippen LogP contribution in [0, 0.1) is 5.82 Å². The molecule has 2 unspecified atom stereocenters. The molecule has 0 bridgehead atoms. The Kier molecular flexibility index (Phi) is 5.43. The minimum Gasteiger partial charge on any atom is -0.478 e. The van der Waals surface area contributed by atoms with E-state index in [1.54, 1.807) is 12.3 Å². The standard InChI is InChI=1S/C12H16FNO3S/c1-8(7-18(2)17)14-6-9-3-4-10(12(15)16)11(13)5-9/h3-5,8,14H,6-7H2,1-2H3,(H,15,16). The molecule has 2 N–H and O–H groups in total. The van der Waals surface area contributed by atoms with Crippen LogP contribution in [0.3, 0.4) is 0 Å². The molecule has 100 valence electrons. The zero-order chi connectivity index (χ0) is 13.7. The molecule has 1 aromatic carbocycles. The van der Waals surface area contributed by atoms with Gasteiger partial charge in [0.2, 0.25) is 0 Å². The first-order chi connectivity index (χ1) is 8.40. The first-order valence-corrected chi connectivity index (χ1v) is 7.18. The molecule has 2 atom stereocenters. The van der Waals surface area contributed by atoms with Gasteiger partial charge in [0.25, 0.3) is 0 Å². The van der Waals surface area contributed by atoms with Gasteiger partial charge in [0.1, 0.15) is 5.82 Å². The molecule has 1 rings (SSSR count). The minimum absolute atomic E-state index is 0.0537. The number of carboxylic acids is 1. The molecule has 0 spiro atoms. The van der Waals surface area contributed by atoms with Crippen LogP contribution in [0.15, 0.2) is 18.2 Å². The van der Waals surface area contributed by atoms with E-state index >= 15 is 0 Å². The van der Waals surface area contributed by atoms with Gasteiger partial charge in [-0.1, -0.05) is 6.07 Å². The topological polar surface area (TPSA) is 66.4 Å². The number of hydrogen-bond donors (Lipinski definition) is 2. The predicted molar refractivity (Wildman–Crippen MR) is 68.6 cm³/mol. The lowest BCUT2D eigenvalue weighted by molar-refractivity contribution is 0.0692. The summed E-state index contributed by atoms with van der Waals surface area (Å²) in [4.78, 5) is 10.6. The van der Waals surface area contributed by atoms with Gasteiger partial charge in [-0.05, 0) is 24.6 Å². The number of hydrogen-bond acceptors (Lipinski definition) is 3. The maximum Gasteiger partial charge on any atom is 0.338 e. The first-order valence-electron chi connectivity index (χ1n) is 5.45. The summed E-state index contributed by atoms with van der Waals surface area (Å²) in [5, 5.41) is 11.8. The quantitative estimate of drug-likeness (QED) is 0.822. The third-order valence-corrected chi connectivity index (χ3v) is 3.37. The molecule has 0 aromatic heterocycles. The number of aromatic carboxylic acids is 1. The number of nitrogens with one attached hydrogen (secondary N) is 1. The van der Waals surface area contributed by atoms with Gasteiger partial charge in [-0.15, -0.1) is 0 Å². The van der Waals surface area contributed by atoms with Gasteiger partial charge in [-0.2, -0.15) is 0 Å². The molecule has 6 heteroatoms. The summed E-state index contributed by atoms with van der Waals surface area (Å²) in [5.74, 6) is -1.49. The summed E-state index contributed by atoms with van der Waals surface area (Å²) < 4.78 is 24.4. The van der Waals surface area contributed by atoms with Crippen LogP contribution < -0.4 is 5.32 Å². The van der Waals surface area contributed by atoms with Crippen LogP contribution in [0.4, 0.5) is 4.39 Å². The van der Waals surface area contributed by atoms with Gasteiger partial charge in [-0.25, -0.2) is 9.18 Å². The van der Waals surface area contributed by atoms with E-state index in [1.165, 1.54) is 12.1 Å². The summed E-state index contributed by atoms with van der Waals surface area (Å²) >= 11 is 0. The fourth-order valence-corrected chi connectivity index (χ4v) is 2.37. The lowest BCUT2D eigenvalue weighted by Crippen LogP contribution is -2.30. The maximum atomic E-state index is 13.4. The van der Waals surface area contributed by atoms with Crippen molar-refractivity contribution in [3.05, 3.63) is 35.1 Å². The summed E-state index contributed by atoms with van der Waals surface area (Å²) in [6.07, 6.45) is 1.62. The Labute approximate surface area is 108 Å². The maximum absolute atomic E-state index is 13.4. The van der Waals surface area contributed by atoms with Crippen molar-refractivity contribution in [2.75, 3.05) is 12.0 Å². The van der Waals surface area contributed by atoms with Crippen molar-refractivity contribution in [1.29, 1.82) is 0 Å². The predicted octanol–water partition coefficient (Wildman–Crippen LogP) is 1.38. The largest absolute Gasteiger partial charge is 0.478 e. The van der Waals surface area contributed by atoms with Gasteiger partial charge in [0.05, 0.1) is 5.56 Å². The molecular weight excluding hydrogens is 257 g/mol. The second kappa shape index (κ2) is 6.61. The van der Waals surface area contributed by atoms with Crippen molar-refractivity contribution in [2.24, 2.45) is 0 Å². The second-order valence-corrected chi connectivity index (χ2v) is 5.62. The SMILES string of the molecule is CC(CS(C)=O)NCc1ccc(C(=O)O)c(F)c1. The highest BCUT2D eigenvalue weighted by molar-refractivity contribution is 7.84. The van der Waals surface area contributed by atoms with Crippen molar-refractivity contribution in [3.63, 3.8) is 0 Å². The van der Waals surface area contributed by atoms with E-state index in [0.717, 1.165) is 0 Å². The van der Waals surface area contributed by atoms with E-state index in [9.17, 15) is 13.4 Å². The van der Waals surface area contributed by atoms with Crippen molar-refractivity contribution in [3.8, 4) is 0 Å². The third kappa shape index (κ3) is 4.54. The lowest BCUT2D eigenvalue weighted by atomic mass is 10.1. The summed E-state index contributed by atoms with van der Waals surface area (Å²) in [6, 6.07) is 4.07. The Morgan fingerprint density at radius 1 is 1.56 bits per heavy atom. The Morgan fingerprint density at radius 3 is 2.72 bits per heavy atom. The van der Waals surface area contributed by atoms with Crippen molar-refractivity contribution in [1.82, 2.24) is 5.32 Å². The molecule has 0 aliphatic heterocycles. The van der Waals surface area contributed by atoms with Gasteiger partial charge in [-0.3, -0.25) is 4.21 Å². The summed E-state index contributed by atoms with van der Waals surface area (Å²) in [6.45, 7) is 2.30. The molecule has 0 heterocycles. The van der Waals surface area contributed by atoms with Crippen molar-refractivity contribution in [2.45, 2.75) is 19.5 Å². The smallest absolute Gasteiger partial charge is 0.338 e. The fraction of sp³-hybridized carbons (Fsp3) is 0.417. The second-order valence-electron chi connectivity index (χ2n) is 4.14. The summed E-state index contributed by atoms with van der Waals surface area (Å²) in [5.41, 5.74) is 0.327. The zero-order valence-corrected chi connectivity index (χ0v) is 11.1. The number of carbonyl (C=O) groups is 1. The van der Waals surface area contributed by atoms with E-state index < -0.39 is 22.6 Å². The molecule has 0 saturated carbocycles. The molecule has 18 heavy (non-hydrogen) atoms. The minimum atomic E-state index is -1.28. The highest BCUT2D eigenvalue weighted by Gasteiger charge is 2.10. The van der Waals surface area contributed by atoms with E-state index in [0.29, 0.717) is 17.9 Å². The van der Waals surface area contributed by atoms with Crippen LogP contribution in [-0.4, -0.2) is 33.3 Å². The van der Waals surface area contributed by atoms with Gasteiger partial charge in [0, 0.05) is 35.4 Å². The monoisotopic (exact) mass is 273 g/mol. The normalized spacial score (nSPS) is 14.2. The van der Waals surface area contributed by atoms with Gasteiger partial charge >= 0.3 is 5.97 Å². The Bertz CT molecular complexity index is 465. The van der Waals surface area contributed by atoms with Gasteiger partial charge in [0.15, 0.2) is 0 Å². The Balaban J connectivity index is 2.61. The Morgan fingerprint density at radius 2 is 2.22 bits per heavy atom. The lowest BCUT2D eigenvalue weighted by Gasteiger charge is -2.12. The number of halogens is 1. The van der Waals surface area contributed by atoms with Crippen LogP contribution in [-0.2, 0) is 17.3 Å². The number of carboxylic acid groups (broad SMARTS) is 1. The van der Waals surface area contributed by atoms with E-state index in [4.69, 9.17) is 5.11 Å². The molecule has 0 aliphatic rings. The zero-order valence-electron chi connectivity index (χ0n) is 10.3. The molecule has 0 fully saturated rings. The molecular formula is C12H16FNO3S. The van der Waals surface area contributed by atoms with Crippen LogP contribution in [0.2, 0.25) is 0 Å². The average Bonchev–Trinajstić information content (AvgIpc) is 2.25. The number of benzene rings is 1.